The van der Waals surface area contributed by atoms with Gasteiger partial charge in [-0.15, -0.1) is 0 Å². The van der Waals surface area contributed by atoms with Crippen LogP contribution in [-0.2, 0) is 12.8 Å². The molecule has 0 saturated heterocycles. The number of nitrogens with zero attached hydrogens (tertiary/aromatic N) is 1. The zero-order chi connectivity index (χ0) is 12.5. The Morgan fingerprint density at radius 3 is 2.78 bits per heavy atom. The number of pyridine rings is 1. The summed E-state index contributed by atoms with van der Waals surface area (Å²) in [5, 5.41) is 4.75. The van der Waals surface area contributed by atoms with Gasteiger partial charge in [-0.25, -0.2) is 4.98 Å². The lowest BCUT2D eigenvalue weighted by Gasteiger charge is -2.12. The first-order valence-electron chi connectivity index (χ1n) is 5.87. The fourth-order valence-electron chi connectivity index (χ4n) is 2.39. The molecule has 2 nitrogen and oxygen atoms in total. The molecule has 0 radical (unpaired) electrons. The summed E-state index contributed by atoms with van der Waals surface area (Å²) in [6, 6.07) is 10.1. The van der Waals surface area contributed by atoms with Gasteiger partial charge in [0.2, 0.25) is 0 Å². The van der Waals surface area contributed by atoms with E-state index in [9.17, 15) is 0 Å². The highest BCUT2D eigenvalue weighted by Crippen LogP contribution is 2.34. The molecule has 1 aromatic heterocycles. The third-order valence-electron chi connectivity index (χ3n) is 3.23. The smallest absolute Gasteiger partial charge is 0.126 e. The summed E-state index contributed by atoms with van der Waals surface area (Å²) < 4.78 is 0. The fraction of sp³-hybridized carbons (Fsp3) is 0.214. The summed E-state index contributed by atoms with van der Waals surface area (Å²) >= 11 is 12.3. The fourth-order valence-corrected chi connectivity index (χ4v) is 2.83. The highest BCUT2D eigenvalue weighted by Gasteiger charge is 2.24. The molecule has 0 amide bonds. The van der Waals surface area contributed by atoms with Crippen LogP contribution in [0, 0.1) is 0 Å². The minimum atomic E-state index is 0.339. The standard InChI is InChI=1S/C14H12Cl2N2/c15-12-5-4-9-7-10(8-11(9)14(12)16)18-13-3-1-2-6-17-13/h1-6,10H,7-8H2,(H,17,18). The molecule has 4 heteroatoms. The third kappa shape index (κ3) is 2.18. The van der Waals surface area contributed by atoms with Gasteiger partial charge in [-0.3, -0.25) is 0 Å². The van der Waals surface area contributed by atoms with Crippen LogP contribution in [0.4, 0.5) is 5.82 Å². The Morgan fingerprint density at radius 2 is 2.00 bits per heavy atom. The Bertz CT molecular complexity index is 570. The van der Waals surface area contributed by atoms with Crippen LogP contribution in [0.25, 0.3) is 0 Å². The van der Waals surface area contributed by atoms with E-state index in [4.69, 9.17) is 23.2 Å². The van der Waals surface area contributed by atoms with Gasteiger partial charge in [-0.2, -0.15) is 0 Å². The molecule has 1 heterocycles. The van der Waals surface area contributed by atoms with Crippen molar-refractivity contribution in [3.8, 4) is 0 Å². The van der Waals surface area contributed by atoms with Gasteiger partial charge in [-0.1, -0.05) is 35.3 Å². The van der Waals surface area contributed by atoms with Crippen LogP contribution in [-0.4, -0.2) is 11.0 Å². The Morgan fingerprint density at radius 1 is 1.11 bits per heavy atom. The van der Waals surface area contributed by atoms with Crippen molar-refractivity contribution in [2.75, 3.05) is 5.32 Å². The molecule has 92 valence electrons. The maximum atomic E-state index is 6.23. The van der Waals surface area contributed by atoms with Crippen LogP contribution in [0.15, 0.2) is 36.5 Å². The van der Waals surface area contributed by atoms with Crippen LogP contribution >= 0.6 is 23.2 Å². The summed E-state index contributed by atoms with van der Waals surface area (Å²) in [5.74, 6) is 0.900. The van der Waals surface area contributed by atoms with E-state index < -0.39 is 0 Å². The lowest BCUT2D eigenvalue weighted by atomic mass is 10.1. The predicted octanol–water partition coefficient (Wildman–Crippen LogP) is 3.97. The predicted molar refractivity (Wildman–Crippen MR) is 75.5 cm³/mol. The Hall–Kier alpha value is -1.25. The molecule has 1 unspecified atom stereocenters. The normalized spacial score (nSPS) is 17.6. The summed E-state index contributed by atoms with van der Waals surface area (Å²) in [6.45, 7) is 0. The molecule has 3 rings (SSSR count). The van der Waals surface area contributed by atoms with E-state index >= 15 is 0 Å². The Balaban J connectivity index is 1.79. The molecule has 1 aliphatic rings. The SMILES string of the molecule is Clc1ccc2c(c1Cl)CC(Nc1ccccn1)C2. The monoisotopic (exact) mass is 278 g/mol. The van der Waals surface area contributed by atoms with E-state index in [2.05, 4.69) is 16.4 Å². The van der Waals surface area contributed by atoms with Crippen molar-refractivity contribution in [3.05, 3.63) is 57.7 Å². The van der Waals surface area contributed by atoms with Crippen LogP contribution < -0.4 is 5.32 Å². The van der Waals surface area contributed by atoms with Crippen molar-refractivity contribution in [2.24, 2.45) is 0 Å². The Labute approximate surface area is 116 Å². The number of rotatable bonds is 2. The molecule has 2 aromatic rings. The van der Waals surface area contributed by atoms with E-state index in [1.165, 1.54) is 5.56 Å². The van der Waals surface area contributed by atoms with Crippen LogP contribution in [0.2, 0.25) is 10.0 Å². The quantitative estimate of drug-likeness (QED) is 0.899. The average Bonchev–Trinajstić information content (AvgIpc) is 2.79. The van der Waals surface area contributed by atoms with Crippen molar-refractivity contribution >= 4 is 29.0 Å². The molecule has 18 heavy (non-hydrogen) atoms. The van der Waals surface area contributed by atoms with Gasteiger partial charge >= 0.3 is 0 Å². The molecular weight excluding hydrogens is 267 g/mol. The lowest BCUT2D eigenvalue weighted by molar-refractivity contribution is 0.769. The summed E-state index contributed by atoms with van der Waals surface area (Å²) in [7, 11) is 0. The first kappa shape index (κ1) is 11.8. The number of anilines is 1. The molecule has 0 spiro atoms. The number of aromatic nitrogens is 1. The minimum Gasteiger partial charge on any atom is -0.367 e. The van der Waals surface area contributed by atoms with E-state index in [-0.39, 0.29) is 0 Å². The van der Waals surface area contributed by atoms with E-state index in [1.807, 2.05) is 24.3 Å². The van der Waals surface area contributed by atoms with Gasteiger partial charge < -0.3 is 5.32 Å². The maximum Gasteiger partial charge on any atom is 0.126 e. The summed E-state index contributed by atoms with van der Waals surface area (Å²) in [4.78, 5) is 4.27. The number of fused-ring (bicyclic) bond motifs is 1. The van der Waals surface area contributed by atoms with Gasteiger partial charge in [0, 0.05) is 12.2 Å². The molecule has 0 bridgehead atoms. The zero-order valence-electron chi connectivity index (χ0n) is 9.66. The first-order chi connectivity index (χ1) is 8.74. The second-order valence-electron chi connectivity index (χ2n) is 4.46. The summed E-state index contributed by atoms with van der Waals surface area (Å²) in [5.41, 5.74) is 2.44. The highest BCUT2D eigenvalue weighted by molar-refractivity contribution is 6.42. The second-order valence-corrected chi connectivity index (χ2v) is 5.25. The van der Waals surface area contributed by atoms with Crippen molar-refractivity contribution in [1.82, 2.24) is 4.98 Å². The average molecular weight is 279 g/mol. The van der Waals surface area contributed by atoms with Gasteiger partial charge in [0.15, 0.2) is 0 Å². The third-order valence-corrected chi connectivity index (χ3v) is 4.07. The number of halogens is 2. The van der Waals surface area contributed by atoms with Crippen molar-refractivity contribution in [1.29, 1.82) is 0 Å². The molecule has 0 fully saturated rings. The number of nitrogens with one attached hydrogen (secondary N) is 1. The molecule has 1 aromatic carbocycles. The van der Waals surface area contributed by atoms with Crippen LogP contribution in [0.3, 0.4) is 0 Å². The zero-order valence-corrected chi connectivity index (χ0v) is 11.2. The van der Waals surface area contributed by atoms with E-state index in [0.29, 0.717) is 16.1 Å². The van der Waals surface area contributed by atoms with Gasteiger partial charge in [0.25, 0.3) is 0 Å². The molecule has 1 atom stereocenters. The highest BCUT2D eigenvalue weighted by atomic mass is 35.5. The topological polar surface area (TPSA) is 24.9 Å². The minimum absolute atomic E-state index is 0.339. The number of hydrogen-bond donors (Lipinski definition) is 1. The Kier molecular flexibility index (Phi) is 3.14. The van der Waals surface area contributed by atoms with Crippen molar-refractivity contribution in [2.45, 2.75) is 18.9 Å². The van der Waals surface area contributed by atoms with Crippen molar-refractivity contribution < 1.29 is 0 Å². The molecular formula is C14H12Cl2N2. The van der Waals surface area contributed by atoms with Crippen LogP contribution in [0.1, 0.15) is 11.1 Å². The molecule has 1 aliphatic carbocycles. The van der Waals surface area contributed by atoms with Gasteiger partial charge in [-0.05, 0) is 42.2 Å². The van der Waals surface area contributed by atoms with E-state index in [0.717, 1.165) is 24.2 Å². The largest absolute Gasteiger partial charge is 0.367 e. The van der Waals surface area contributed by atoms with Gasteiger partial charge in [0.1, 0.15) is 5.82 Å². The van der Waals surface area contributed by atoms with E-state index in [1.54, 1.807) is 6.20 Å². The van der Waals surface area contributed by atoms with Crippen molar-refractivity contribution in [3.63, 3.8) is 0 Å². The van der Waals surface area contributed by atoms with Gasteiger partial charge in [0.05, 0.1) is 10.0 Å². The lowest BCUT2D eigenvalue weighted by Crippen LogP contribution is -2.20. The molecule has 1 N–H and O–H groups in total. The molecule has 0 saturated carbocycles. The summed E-state index contributed by atoms with van der Waals surface area (Å²) in [6.07, 6.45) is 3.64. The van der Waals surface area contributed by atoms with Crippen LogP contribution in [0.5, 0.6) is 0 Å². The maximum absolute atomic E-state index is 6.23. The number of benzene rings is 1. The first-order valence-corrected chi connectivity index (χ1v) is 6.63. The second kappa shape index (κ2) is 4.79. The number of hydrogen-bond acceptors (Lipinski definition) is 2. The molecule has 0 aliphatic heterocycles.